The Bertz CT molecular complexity index is 336. The van der Waals surface area contributed by atoms with E-state index >= 15 is 0 Å². The lowest BCUT2D eigenvalue weighted by Crippen LogP contribution is -2.31. The normalized spacial score (nSPS) is 21.9. The quantitative estimate of drug-likeness (QED) is 0.843. The van der Waals surface area contributed by atoms with Crippen molar-refractivity contribution in [2.75, 3.05) is 18.4 Å². The zero-order valence-corrected chi connectivity index (χ0v) is 10.7. The largest absolute Gasteiger partial charge is 0.365 e. The number of likely N-dealkylation sites (tertiary alicyclic amines) is 1. The molecule has 0 saturated carbocycles. The minimum atomic E-state index is 0.552. The average molecular weight is 222 g/mol. The van der Waals surface area contributed by atoms with Gasteiger partial charge in [-0.05, 0) is 27.2 Å². The molecule has 0 aromatic carbocycles. The Balaban J connectivity index is 1.92. The molecule has 1 aliphatic rings. The molecule has 1 aliphatic heterocycles. The molecule has 4 heteroatoms. The van der Waals surface area contributed by atoms with Crippen molar-refractivity contribution in [2.45, 2.75) is 39.3 Å². The van der Waals surface area contributed by atoms with Gasteiger partial charge in [-0.15, -0.1) is 0 Å². The molecule has 2 rings (SSSR count). The van der Waals surface area contributed by atoms with Crippen molar-refractivity contribution >= 4 is 5.82 Å². The Labute approximate surface area is 97.6 Å². The number of hydrogen-bond acceptors (Lipinski definition) is 3. The van der Waals surface area contributed by atoms with Gasteiger partial charge in [-0.3, -0.25) is 9.58 Å². The molecule has 0 spiro atoms. The summed E-state index contributed by atoms with van der Waals surface area (Å²) in [6.45, 7) is 8.92. The highest BCUT2D eigenvalue weighted by Gasteiger charge is 2.24. The van der Waals surface area contributed by atoms with E-state index in [4.69, 9.17) is 0 Å². The van der Waals surface area contributed by atoms with Gasteiger partial charge < -0.3 is 5.32 Å². The summed E-state index contributed by atoms with van der Waals surface area (Å²) in [7, 11) is 1.98. The van der Waals surface area contributed by atoms with Crippen LogP contribution >= 0.6 is 0 Å². The van der Waals surface area contributed by atoms with E-state index in [0.717, 1.165) is 12.4 Å². The lowest BCUT2D eigenvalue weighted by Gasteiger charge is -2.20. The highest BCUT2D eigenvalue weighted by atomic mass is 15.3. The molecule has 1 unspecified atom stereocenters. The highest BCUT2D eigenvalue weighted by Crippen LogP contribution is 2.17. The standard InChI is InChI=1S/C12H22N4/c1-9(2)16-6-5-11(8-16)13-12-7-10(3)15(4)14-12/h7,9,11H,5-6,8H2,1-4H3,(H,13,14). The summed E-state index contributed by atoms with van der Waals surface area (Å²) in [6.07, 6.45) is 1.22. The highest BCUT2D eigenvalue weighted by molar-refractivity contribution is 5.37. The molecule has 1 atom stereocenters. The van der Waals surface area contributed by atoms with Gasteiger partial charge in [0.2, 0.25) is 0 Å². The molecule has 2 heterocycles. The van der Waals surface area contributed by atoms with E-state index in [1.165, 1.54) is 18.7 Å². The second-order valence-electron chi connectivity index (χ2n) is 5.01. The van der Waals surface area contributed by atoms with E-state index in [9.17, 15) is 0 Å². The van der Waals surface area contributed by atoms with Crippen LogP contribution in [0.5, 0.6) is 0 Å². The summed E-state index contributed by atoms with van der Waals surface area (Å²) in [5, 5.41) is 7.94. The molecule has 90 valence electrons. The van der Waals surface area contributed by atoms with Crippen molar-refractivity contribution < 1.29 is 0 Å². The fourth-order valence-corrected chi connectivity index (χ4v) is 2.21. The Hall–Kier alpha value is -1.03. The van der Waals surface area contributed by atoms with Crippen LogP contribution in [0, 0.1) is 6.92 Å². The summed E-state index contributed by atoms with van der Waals surface area (Å²) in [5.41, 5.74) is 1.20. The third-order valence-corrected chi connectivity index (χ3v) is 3.42. The molecule has 4 nitrogen and oxygen atoms in total. The van der Waals surface area contributed by atoms with Crippen molar-refractivity contribution in [1.82, 2.24) is 14.7 Å². The topological polar surface area (TPSA) is 33.1 Å². The summed E-state index contributed by atoms with van der Waals surface area (Å²) >= 11 is 0. The monoisotopic (exact) mass is 222 g/mol. The van der Waals surface area contributed by atoms with Crippen LogP contribution < -0.4 is 5.32 Å². The van der Waals surface area contributed by atoms with Crippen LogP contribution in [-0.2, 0) is 7.05 Å². The first kappa shape index (κ1) is 11.5. The van der Waals surface area contributed by atoms with Gasteiger partial charge in [0.15, 0.2) is 0 Å². The van der Waals surface area contributed by atoms with Gasteiger partial charge in [0.25, 0.3) is 0 Å². The fraction of sp³-hybridized carbons (Fsp3) is 0.750. The molecular weight excluding hydrogens is 200 g/mol. The Morgan fingerprint density at radius 1 is 1.50 bits per heavy atom. The molecule has 1 fully saturated rings. The third-order valence-electron chi connectivity index (χ3n) is 3.42. The van der Waals surface area contributed by atoms with E-state index in [1.54, 1.807) is 0 Å². The lowest BCUT2D eigenvalue weighted by atomic mass is 10.2. The van der Waals surface area contributed by atoms with Crippen molar-refractivity contribution in [3.63, 3.8) is 0 Å². The third kappa shape index (κ3) is 2.38. The number of aromatic nitrogens is 2. The van der Waals surface area contributed by atoms with Gasteiger partial charge in [-0.2, -0.15) is 5.10 Å². The van der Waals surface area contributed by atoms with E-state index < -0.39 is 0 Å². The Morgan fingerprint density at radius 2 is 2.25 bits per heavy atom. The summed E-state index contributed by atoms with van der Waals surface area (Å²) < 4.78 is 1.91. The zero-order valence-electron chi connectivity index (χ0n) is 10.7. The molecule has 1 N–H and O–H groups in total. The maximum absolute atomic E-state index is 4.43. The maximum atomic E-state index is 4.43. The first-order valence-corrected chi connectivity index (χ1v) is 6.07. The SMILES string of the molecule is Cc1cc(NC2CCN(C(C)C)C2)nn1C. The molecule has 0 amide bonds. The minimum Gasteiger partial charge on any atom is -0.365 e. The zero-order chi connectivity index (χ0) is 11.7. The van der Waals surface area contributed by atoms with Crippen LogP contribution in [0.4, 0.5) is 5.82 Å². The van der Waals surface area contributed by atoms with Gasteiger partial charge in [-0.25, -0.2) is 0 Å². The van der Waals surface area contributed by atoms with Gasteiger partial charge in [0.05, 0.1) is 0 Å². The predicted molar refractivity (Wildman–Crippen MR) is 66.7 cm³/mol. The summed E-state index contributed by atoms with van der Waals surface area (Å²) in [5.74, 6) is 1.01. The van der Waals surface area contributed by atoms with Crippen LogP contribution in [0.1, 0.15) is 26.0 Å². The van der Waals surface area contributed by atoms with Gasteiger partial charge in [0, 0.05) is 44.0 Å². The van der Waals surface area contributed by atoms with E-state index in [-0.39, 0.29) is 0 Å². The molecule has 1 saturated heterocycles. The van der Waals surface area contributed by atoms with Crippen molar-refractivity contribution in [2.24, 2.45) is 7.05 Å². The maximum Gasteiger partial charge on any atom is 0.148 e. The van der Waals surface area contributed by atoms with Gasteiger partial charge >= 0.3 is 0 Å². The Kier molecular flexibility index (Phi) is 3.19. The molecule has 0 aliphatic carbocycles. The first-order chi connectivity index (χ1) is 7.56. The number of anilines is 1. The van der Waals surface area contributed by atoms with Gasteiger partial charge in [-0.1, -0.05) is 0 Å². The van der Waals surface area contributed by atoms with Crippen LogP contribution in [0.15, 0.2) is 6.07 Å². The smallest absolute Gasteiger partial charge is 0.148 e. The first-order valence-electron chi connectivity index (χ1n) is 6.07. The van der Waals surface area contributed by atoms with Crippen molar-refractivity contribution in [3.8, 4) is 0 Å². The lowest BCUT2D eigenvalue weighted by molar-refractivity contribution is 0.274. The molecule has 1 aromatic rings. The number of rotatable bonds is 3. The Morgan fingerprint density at radius 3 is 2.75 bits per heavy atom. The van der Waals surface area contributed by atoms with Crippen molar-refractivity contribution in [1.29, 1.82) is 0 Å². The summed E-state index contributed by atoms with van der Waals surface area (Å²) in [4.78, 5) is 2.51. The van der Waals surface area contributed by atoms with Gasteiger partial charge in [0.1, 0.15) is 5.82 Å². The predicted octanol–water partition coefficient (Wildman–Crippen LogP) is 1.62. The van der Waals surface area contributed by atoms with Crippen LogP contribution in [0.2, 0.25) is 0 Å². The molecule has 16 heavy (non-hydrogen) atoms. The number of hydrogen-bond donors (Lipinski definition) is 1. The molecular formula is C12H22N4. The summed E-state index contributed by atoms with van der Waals surface area (Å²) in [6, 6.07) is 3.31. The number of nitrogens with one attached hydrogen (secondary N) is 1. The van der Waals surface area contributed by atoms with E-state index in [0.29, 0.717) is 12.1 Å². The van der Waals surface area contributed by atoms with Crippen LogP contribution in [-0.4, -0.2) is 39.9 Å². The number of nitrogens with zero attached hydrogens (tertiary/aromatic N) is 3. The number of aryl methyl sites for hydroxylation is 2. The van der Waals surface area contributed by atoms with Crippen LogP contribution in [0.3, 0.4) is 0 Å². The van der Waals surface area contributed by atoms with Crippen LogP contribution in [0.25, 0.3) is 0 Å². The average Bonchev–Trinajstić information content (AvgIpc) is 2.76. The second kappa shape index (κ2) is 4.45. The van der Waals surface area contributed by atoms with Crippen molar-refractivity contribution in [3.05, 3.63) is 11.8 Å². The minimum absolute atomic E-state index is 0.552. The fourth-order valence-electron chi connectivity index (χ4n) is 2.21. The van der Waals surface area contributed by atoms with E-state index in [1.807, 2.05) is 11.7 Å². The second-order valence-corrected chi connectivity index (χ2v) is 5.01. The van der Waals surface area contributed by atoms with E-state index in [2.05, 4.69) is 42.2 Å². The molecule has 0 bridgehead atoms. The molecule has 1 aromatic heterocycles. The molecule has 0 radical (unpaired) electrons.